The molecule has 0 amide bonds. The van der Waals surface area contributed by atoms with Crippen LogP contribution in [-0.4, -0.2) is 53.2 Å². The standard InChI is InChI=1S/C18H25ClN4O/c1-22(11-12-23-9-5-2-6-10-23)14-18-20-17(21-24-18)13-15-7-3-4-8-16(15)19/h3-4,7-8H,2,5-6,9-14H2,1H3. The van der Waals surface area contributed by atoms with Crippen LogP contribution >= 0.6 is 11.6 Å². The highest BCUT2D eigenvalue weighted by molar-refractivity contribution is 6.31. The monoisotopic (exact) mass is 348 g/mol. The first-order chi connectivity index (χ1) is 11.7. The Kier molecular flexibility index (Phi) is 6.24. The molecule has 1 fully saturated rings. The van der Waals surface area contributed by atoms with E-state index >= 15 is 0 Å². The van der Waals surface area contributed by atoms with Gasteiger partial charge in [-0.2, -0.15) is 4.98 Å². The molecule has 1 aliphatic rings. The van der Waals surface area contributed by atoms with Crippen molar-refractivity contribution in [2.24, 2.45) is 0 Å². The SMILES string of the molecule is CN(CCN1CCCCC1)Cc1nc(Cc2ccccc2Cl)no1. The maximum atomic E-state index is 6.18. The van der Waals surface area contributed by atoms with Gasteiger partial charge in [0.15, 0.2) is 5.82 Å². The van der Waals surface area contributed by atoms with Gasteiger partial charge in [-0.1, -0.05) is 41.4 Å². The van der Waals surface area contributed by atoms with Crippen LogP contribution in [0.2, 0.25) is 5.02 Å². The number of halogens is 1. The maximum Gasteiger partial charge on any atom is 0.240 e. The molecule has 2 aromatic rings. The van der Waals surface area contributed by atoms with Gasteiger partial charge in [0.05, 0.1) is 6.54 Å². The van der Waals surface area contributed by atoms with Crippen LogP contribution in [0.4, 0.5) is 0 Å². The highest BCUT2D eigenvalue weighted by Gasteiger charge is 2.13. The number of aromatic nitrogens is 2. The summed E-state index contributed by atoms with van der Waals surface area (Å²) in [6.07, 6.45) is 4.64. The summed E-state index contributed by atoms with van der Waals surface area (Å²) < 4.78 is 5.38. The van der Waals surface area contributed by atoms with Gasteiger partial charge < -0.3 is 9.42 Å². The predicted molar refractivity (Wildman–Crippen MR) is 95.2 cm³/mol. The van der Waals surface area contributed by atoms with Crippen LogP contribution in [0.25, 0.3) is 0 Å². The van der Waals surface area contributed by atoms with Gasteiger partial charge in [-0.3, -0.25) is 4.90 Å². The van der Waals surface area contributed by atoms with Crippen LogP contribution in [0.5, 0.6) is 0 Å². The lowest BCUT2D eigenvalue weighted by Crippen LogP contribution is -2.36. The van der Waals surface area contributed by atoms with Crippen molar-refractivity contribution in [1.82, 2.24) is 19.9 Å². The molecule has 0 radical (unpaired) electrons. The zero-order chi connectivity index (χ0) is 16.8. The van der Waals surface area contributed by atoms with Crippen molar-refractivity contribution in [3.05, 3.63) is 46.6 Å². The molecular formula is C18H25ClN4O. The Morgan fingerprint density at radius 1 is 1.21 bits per heavy atom. The molecule has 1 saturated heterocycles. The van der Waals surface area contributed by atoms with E-state index in [0.717, 1.165) is 23.7 Å². The molecule has 24 heavy (non-hydrogen) atoms. The number of hydrogen-bond acceptors (Lipinski definition) is 5. The summed E-state index contributed by atoms with van der Waals surface area (Å²) in [4.78, 5) is 9.27. The first-order valence-corrected chi connectivity index (χ1v) is 9.04. The van der Waals surface area contributed by atoms with E-state index in [1.807, 2.05) is 24.3 Å². The molecule has 0 spiro atoms. The second kappa shape index (κ2) is 8.60. The smallest absolute Gasteiger partial charge is 0.240 e. The molecule has 0 bridgehead atoms. The molecule has 130 valence electrons. The fraction of sp³-hybridized carbons (Fsp3) is 0.556. The van der Waals surface area contributed by atoms with Gasteiger partial charge in [0.2, 0.25) is 5.89 Å². The lowest BCUT2D eigenvalue weighted by Gasteiger charge is -2.28. The van der Waals surface area contributed by atoms with Gasteiger partial charge in [-0.25, -0.2) is 0 Å². The van der Waals surface area contributed by atoms with Gasteiger partial charge in [-0.15, -0.1) is 0 Å². The Balaban J connectivity index is 1.47. The molecule has 2 heterocycles. The highest BCUT2D eigenvalue weighted by Crippen LogP contribution is 2.17. The van der Waals surface area contributed by atoms with Crippen LogP contribution in [-0.2, 0) is 13.0 Å². The number of hydrogen-bond donors (Lipinski definition) is 0. The van der Waals surface area contributed by atoms with E-state index in [9.17, 15) is 0 Å². The normalized spacial score (nSPS) is 16.0. The lowest BCUT2D eigenvalue weighted by atomic mass is 10.1. The average Bonchev–Trinajstić information content (AvgIpc) is 3.03. The van der Waals surface area contributed by atoms with Crippen molar-refractivity contribution in [2.75, 3.05) is 33.2 Å². The van der Waals surface area contributed by atoms with Gasteiger partial charge >= 0.3 is 0 Å². The van der Waals surface area contributed by atoms with Crippen molar-refractivity contribution < 1.29 is 4.52 Å². The van der Waals surface area contributed by atoms with Crippen LogP contribution in [0.15, 0.2) is 28.8 Å². The van der Waals surface area contributed by atoms with Crippen molar-refractivity contribution >= 4 is 11.6 Å². The molecule has 5 nitrogen and oxygen atoms in total. The Bertz CT molecular complexity index is 639. The number of rotatable bonds is 7. The third kappa shape index (κ3) is 5.03. The quantitative estimate of drug-likeness (QED) is 0.768. The molecular weight excluding hydrogens is 324 g/mol. The van der Waals surface area contributed by atoms with Crippen LogP contribution in [0, 0.1) is 0 Å². The molecule has 1 aliphatic heterocycles. The molecule has 3 rings (SSSR count). The third-order valence-electron chi connectivity index (χ3n) is 4.47. The number of benzene rings is 1. The zero-order valence-electron chi connectivity index (χ0n) is 14.2. The minimum absolute atomic E-state index is 0.598. The molecule has 1 aromatic carbocycles. The van der Waals surface area contributed by atoms with Crippen molar-refractivity contribution in [2.45, 2.75) is 32.2 Å². The largest absolute Gasteiger partial charge is 0.338 e. The second-order valence-electron chi connectivity index (χ2n) is 6.51. The fourth-order valence-electron chi connectivity index (χ4n) is 3.04. The number of likely N-dealkylation sites (N-methyl/N-ethyl adjacent to an activating group) is 1. The fourth-order valence-corrected chi connectivity index (χ4v) is 3.25. The van der Waals surface area contributed by atoms with Crippen LogP contribution < -0.4 is 0 Å². The molecule has 0 atom stereocenters. The minimum atomic E-state index is 0.598. The Hall–Kier alpha value is -1.43. The van der Waals surface area contributed by atoms with E-state index in [4.69, 9.17) is 16.1 Å². The van der Waals surface area contributed by atoms with Gasteiger partial charge in [-0.05, 0) is 44.6 Å². The number of piperidine rings is 1. The summed E-state index contributed by atoms with van der Waals surface area (Å²) in [7, 11) is 2.10. The molecule has 0 N–H and O–H groups in total. The second-order valence-corrected chi connectivity index (χ2v) is 6.92. The Morgan fingerprint density at radius 2 is 2.00 bits per heavy atom. The topological polar surface area (TPSA) is 45.4 Å². The molecule has 1 aromatic heterocycles. The molecule has 0 aliphatic carbocycles. The average molecular weight is 349 g/mol. The van der Waals surface area contributed by atoms with Crippen LogP contribution in [0.1, 0.15) is 36.5 Å². The zero-order valence-corrected chi connectivity index (χ0v) is 15.0. The first kappa shape index (κ1) is 17.4. The maximum absolute atomic E-state index is 6.18. The molecule has 6 heteroatoms. The van der Waals surface area contributed by atoms with Crippen molar-refractivity contribution in [3.8, 4) is 0 Å². The third-order valence-corrected chi connectivity index (χ3v) is 4.84. The van der Waals surface area contributed by atoms with Gasteiger partial charge in [0.25, 0.3) is 0 Å². The Morgan fingerprint density at radius 3 is 2.79 bits per heavy atom. The van der Waals surface area contributed by atoms with Gasteiger partial charge in [0.1, 0.15) is 0 Å². The van der Waals surface area contributed by atoms with E-state index in [0.29, 0.717) is 24.7 Å². The van der Waals surface area contributed by atoms with E-state index in [1.165, 1.54) is 32.4 Å². The highest BCUT2D eigenvalue weighted by atomic mass is 35.5. The minimum Gasteiger partial charge on any atom is -0.338 e. The predicted octanol–water partition coefficient (Wildman–Crippen LogP) is 3.23. The number of likely N-dealkylation sites (tertiary alicyclic amines) is 1. The number of nitrogens with zero attached hydrogens (tertiary/aromatic N) is 4. The summed E-state index contributed by atoms with van der Waals surface area (Å²) in [5.41, 5.74) is 1.02. The van der Waals surface area contributed by atoms with Crippen LogP contribution in [0.3, 0.4) is 0 Å². The van der Waals surface area contributed by atoms with E-state index in [-0.39, 0.29) is 0 Å². The molecule has 0 saturated carbocycles. The Labute approximate surface area is 148 Å². The van der Waals surface area contributed by atoms with E-state index in [2.05, 4.69) is 27.0 Å². The first-order valence-electron chi connectivity index (χ1n) is 8.66. The van der Waals surface area contributed by atoms with E-state index in [1.54, 1.807) is 0 Å². The summed E-state index contributed by atoms with van der Waals surface area (Å²) >= 11 is 6.18. The van der Waals surface area contributed by atoms with Gasteiger partial charge in [0, 0.05) is 24.5 Å². The lowest BCUT2D eigenvalue weighted by molar-refractivity contribution is 0.185. The van der Waals surface area contributed by atoms with E-state index < -0.39 is 0 Å². The summed E-state index contributed by atoms with van der Waals surface area (Å²) in [5, 5.41) is 4.81. The molecule has 0 unspecified atom stereocenters. The summed E-state index contributed by atoms with van der Waals surface area (Å²) in [5.74, 6) is 1.35. The summed E-state index contributed by atoms with van der Waals surface area (Å²) in [6, 6.07) is 7.76. The van der Waals surface area contributed by atoms with Crippen molar-refractivity contribution in [3.63, 3.8) is 0 Å². The van der Waals surface area contributed by atoms with Crippen molar-refractivity contribution in [1.29, 1.82) is 0 Å². The summed E-state index contributed by atoms with van der Waals surface area (Å²) in [6.45, 7) is 5.27.